The van der Waals surface area contributed by atoms with Gasteiger partial charge in [0.1, 0.15) is 17.6 Å². The molecule has 3 amide bonds. The highest BCUT2D eigenvalue weighted by molar-refractivity contribution is 5.87. The fraction of sp³-hybridized carbons (Fsp3) is 0.250. The summed E-state index contributed by atoms with van der Waals surface area (Å²) in [7, 11) is 8.62. The molecule has 0 unspecified atom stereocenters. The number of nitrogens with one attached hydrogen (secondary N) is 1. The molecule has 0 fully saturated rings. The normalized spacial score (nSPS) is 10.2. The Morgan fingerprint density at radius 3 is 2.24 bits per heavy atom. The van der Waals surface area contributed by atoms with Crippen LogP contribution in [0.25, 0.3) is 16.9 Å². The predicted molar refractivity (Wildman–Crippen MR) is 106 cm³/mol. The summed E-state index contributed by atoms with van der Waals surface area (Å²) < 4.78 is 9.23. The van der Waals surface area contributed by atoms with Crippen LogP contribution in [0.15, 0.2) is 48.7 Å². The fourth-order valence-electron chi connectivity index (χ4n) is 2.73. The van der Waals surface area contributed by atoms with E-state index in [9.17, 15) is 9.59 Å². The zero-order valence-corrected chi connectivity index (χ0v) is 17.8. The molecule has 0 spiro atoms. The number of carbonyl (C=O) groups excluding carboxylic acids is 2. The molecule has 1 aromatic carbocycles. The number of nitrogens with zero attached hydrogens (tertiary/aromatic N) is 4. The Hall–Kier alpha value is -3.26. The van der Waals surface area contributed by atoms with E-state index in [2.05, 4.69) is 5.32 Å². The smallest absolute Gasteiger partial charge is 0.414 e. The summed E-state index contributed by atoms with van der Waals surface area (Å²) in [6, 6.07) is 12.8. The van der Waals surface area contributed by atoms with Gasteiger partial charge in [0.05, 0.1) is 7.05 Å². The number of fused-ring (bicyclic) bond motifs is 1. The van der Waals surface area contributed by atoms with Gasteiger partial charge in [-0.25, -0.2) is 19.3 Å². The summed E-state index contributed by atoms with van der Waals surface area (Å²) in [6.45, 7) is 0. The second-order valence-electron chi connectivity index (χ2n) is 6.82. The van der Waals surface area contributed by atoms with Crippen molar-refractivity contribution in [1.29, 1.82) is 0 Å². The van der Waals surface area contributed by atoms with Crippen molar-refractivity contribution in [3.05, 3.63) is 48.7 Å². The fourth-order valence-corrected chi connectivity index (χ4v) is 2.73. The van der Waals surface area contributed by atoms with Crippen molar-refractivity contribution in [2.75, 3.05) is 33.5 Å². The minimum Gasteiger partial charge on any atom is -1.00 e. The summed E-state index contributed by atoms with van der Waals surface area (Å²) in [5, 5.41) is 2.89. The van der Waals surface area contributed by atoms with Gasteiger partial charge in [-0.3, -0.25) is 4.57 Å². The van der Waals surface area contributed by atoms with Crippen LogP contribution in [0, 0.1) is 0 Å². The summed E-state index contributed by atoms with van der Waals surface area (Å²) in [6.07, 6.45) is 1.54. The molecule has 0 bridgehead atoms. The molecule has 2 aromatic heterocycles. The molecule has 0 aliphatic rings. The van der Waals surface area contributed by atoms with Crippen molar-refractivity contribution in [3.8, 4) is 17.0 Å². The number of amides is 3. The van der Waals surface area contributed by atoms with E-state index in [1.54, 1.807) is 40.3 Å². The highest BCUT2D eigenvalue weighted by atomic mass is 35.5. The molecule has 9 heteroatoms. The third-order valence-electron chi connectivity index (χ3n) is 4.32. The van der Waals surface area contributed by atoms with Crippen molar-refractivity contribution >= 4 is 23.6 Å². The monoisotopic (exact) mass is 417 g/mol. The molecule has 154 valence electrons. The zero-order chi connectivity index (χ0) is 20.4. The van der Waals surface area contributed by atoms with Crippen LogP contribution in [0.1, 0.15) is 0 Å². The van der Waals surface area contributed by atoms with Crippen LogP contribution in [-0.4, -0.2) is 54.7 Å². The van der Waals surface area contributed by atoms with E-state index in [1.165, 1.54) is 9.80 Å². The largest absolute Gasteiger partial charge is 1.00 e. The first kappa shape index (κ1) is 22.0. The van der Waals surface area contributed by atoms with Crippen molar-refractivity contribution in [2.24, 2.45) is 7.05 Å². The molecule has 3 aromatic rings. The van der Waals surface area contributed by atoms with E-state index in [0.717, 1.165) is 16.9 Å². The highest BCUT2D eigenvalue weighted by Crippen LogP contribution is 2.23. The lowest BCUT2D eigenvalue weighted by Gasteiger charge is -2.10. The lowest BCUT2D eigenvalue weighted by molar-refractivity contribution is -0.494. The maximum Gasteiger partial charge on any atom is 0.414 e. The molecule has 0 saturated carbocycles. The predicted octanol–water partition coefficient (Wildman–Crippen LogP) is -0.411. The molecule has 29 heavy (non-hydrogen) atoms. The Labute approximate surface area is 175 Å². The second-order valence-corrected chi connectivity index (χ2v) is 6.82. The van der Waals surface area contributed by atoms with Crippen LogP contribution in [-0.2, 0) is 7.05 Å². The highest BCUT2D eigenvalue weighted by Gasteiger charge is 2.19. The van der Waals surface area contributed by atoms with Gasteiger partial charge in [0, 0.05) is 45.9 Å². The average Bonchev–Trinajstić information content (AvgIpc) is 3.00. The van der Waals surface area contributed by atoms with E-state index in [-0.39, 0.29) is 18.4 Å². The molecule has 2 heterocycles. The molecule has 0 aliphatic carbocycles. The number of aromatic nitrogens is 2. The zero-order valence-electron chi connectivity index (χ0n) is 17.0. The Balaban J connectivity index is 0.00000300. The number of pyridine rings is 1. The molecule has 8 nitrogen and oxygen atoms in total. The summed E-state index contributed by atoms with van der Waals surface area (Å²) in [4.78, 5) is 26.6. The van der Waals surface area contributed by atoms with Gasteiger partial charge in [-0.1, -0.05) is 0 Å². The van der Waals surface area contributed by atoms with Crippen molar-refractivity contribution < 1.29 is 31.1 Å². The van der Waals surface area contributed by atoms with Gasteiger partial charge >= 0.3 is 12.1 Å². The topological polar surface area (TPSA) is 70.9 Å². The Morgan fingerprint density at radius 2 is 1.66 bits per heavy atom. The van der Waals surface area contributed by atoms with Gasteiger partial charge in [-0.2, -0.15) is 0 Å². The maximum atomic E-state index is 12.0. The maximum absolute atomic E-state index is 12.0. The average molecular weight is 418 g/mol. The molecule has 0 atom stereocenters. The molecule has 0 radical (unpaired) electrons. The van der Waals surface area contributed by atoms with Gasteiger partial charge < -0.3 is 26.9 Å². The van der Waals surface area contributed by atoms with E-state index < -0.39 is 6.09 Å². The summed E-state index contributed by atoms with van der Waals surface area (Å²) >= 11 is 0. The van der Waals surface area contributed by atoms with Crippen LogP contribution in [0.4, 0.5) is 15.4 Å². The minimum atomic E-state index is -0.422. The number of carbonyl (C=O) groups is 2. The SMILES string of the molecule is CN(C)C(=O)Nc1cccc2n(C)c(-c3ccc(OC(=O)N(C)C)cc3)c[n+]12.[Cl-]. The van der Waals surface area contributed by atoms with E-state index in [1.807, 2.05) is 52.5 Å². The van der Waals surface area contributed by atoms with Crippen LogP contribution in [0.5, 0.6) is 5.75 Å². The number of anilines is 1. The van der Waals surface area contributed by atoms with Crippen LogP contribution < -0.4 is 26.9 Å². The number of urea groups is 1. The number of benzene rings is 1. The third kappa shape index (κ3) is 4.60. The number of imidazole rings is 1. The van der Waals surface area contributed by atoms with Gasteiger partial charge in [0.25, 0.3) is 0 Å². The molecule has 1 N–H and O–H groups in total. The first-order valence-electron chi connectivity index (χ1n) is 8.76. The van der Waals surface area contributed by atoms with Gasteiger partial charge in [-0.15, -0.1) is 0 Å². The van der Waals surface area contributed by atoms with Gasteiger partial charge in [-0.05, 0) is 30.3 Å². The second kappa shape index (κ2) is 8.83. The number of hydrogen-bond donors (Lipinski definition) is 1. The number of rotatable bonds is 3. The summed E-state index contributed by atoms with van der Waals surface area (Å²) in [5.74, 6) is 1.15. The molecule has 0 aliphatic heterocycles. The van der Waals surface area contributed by atoms with Crippen molar-refractivity contribution in [2.45, 2.75) is 0 Å². The van der Waals surface area contributed by atoms with E-state index >= 15 is 0 Å². The summed E-state index contributed by atoms with van der Waals surface area (Å²) in [5.41, 5.74) is 2.84. The van der Waals surface area contributed by atoms with Crippen molar-refractivity contribution in [1.82, 2.24) is 14.4 Å². The Bertz CT molecular complexity index is 1030. The van der Waals surface area contributed by atoms with E-state index in [4.69, 9.17) is 4.74 Å². The Morgan fingerprint density at radius 1 is 1.00 bits per heavy atom. The lowest BCUT2D eigenvalue weighted by Crippen LogP contribution is -3.00. The number of aryl methyl sites for hydroxylation is 1. The number of halogens is 1. The molecule has 3 rings (SSSR count). The van der Waals surface area contributed by atoms with Crippen LogP contribution >= 0.6 is 0 Å². The van der Waals surface area contributed by atoms with Crippen molar-refractivity contribution in [3.63, 3.8) is 0 Å². The third-order valence-corrected chi connectivity index (χ3v) is 4.32. The van der Waals surface area contributed by atoms with Gasteiger partial charge in [0.15, 0.2) is 0 Å². The molecular weight excluding hydrogens is 394 g/mol. The minimum absolute atomic E-state index is 0. The molecule has 0 saturated heterocycles. The standard InChI is InChI=1S/C20H23N5O3.ClH/c1-22(2)19(26)21-17-7-6-8-18-24(5)16(13-25(17)18)14-9-11-15(12-10-14)28-20(27)23(3)4;/h6-13H,1-5H3;1H. The van der Waals surface area contributed by atoms with Gasteiger partial charge in [0.2, 0.25) is 11.5 Å². The van der Waals surface area contributed by atoms with Crippen LogP contribution in [0.3, 0.4) is 0 Å². The number of hydrogen-bond acceptors (Lipinski definition) is 3. The molecular formula is C20H24ClN5O3. The van der Waals surface area contributed by atoms with Crippen LogP contribution in [0.2, 0.25) is 0 Å². The first-order chi connectivity index (χ1) is 13.3. The number of ether oxygens (including phenoxy) is 1. The van der Waals surface area contributed by atoms with E-state index in [0.29, 0.717) is 11.6 Å². The lowest BCUT2D eigenvalue weighted by atomic mass is 10.1. The first-order valence-corrected chi connectivity index (χ1v) is 8.76. The quantitative estimate of drug-likeness (QED) is 0.589. The Kier molecular flexibility index (Phi) is 6.71.